The first-order chi connectivity index (χ1) is 10.0. The van der Waals surface area contributed by atoms with E-state index < -0.39 is 11.8 Å². The number of methoxy groups -OCH3 is 1. The van der Waals surface area contributed by atoms with Gasteiger partial charge in [0.15, 0.2) is 0 Å². The average molecular weight is 290 g/mol. The summed E-state index contributed by atoms with van der Waals surface area (Å²) in [5, 5.41) is 2.64. The topological polar surface area (TPSA) is 58.6 Å². The number of hydrogen-bond acceptors (Lipinski definition) is 3. The van der Waals surface area contributed by atoms with Gasteiger partial charge < -0.3 is 15.0 Å². The Morgan fingerprint density at radius 1 is 1.24 bits per heavy atom. The molecule has 1 aromatic carbocycles. The molecule has 1 heterocycles. The highest BCUT2D eigenvalue weighted by molar-refractivity contribution is 6.39. The highest BCUT2D eigenvalue weighted by Crippen LogP contribution is 2.23. The molecule has 0 saturated carbocycles. The number of piperidine rings is 1. The molecule has 114 valence electrons. The number of ether oxygens (including phenoxy) is 1. The number of amides is 2. The van der Waals surface area contributed by atoms with Gasteiger partial charge in [-0.15, -0.1) is 0 Å². The fourth-order valence-corrected chi connectivity index (χ4v) is 2.82. The van der Waals surface area contributed by atoms with Crippen molar-refractivity contribution in [1.82, 2.24) is 4.90 Å². The van der Waals surface area contributed by atoms with E-state index in [1.807, 2.05) is 13.8 Å². The van der Waals surface area contributed by atoms with E-state index in [1.165, 1.54) is 0 Å². The van der Waals surface area contributed by atoms with Crippen molar-refractivity contribution in [2.75, 3.05) is 12.4 Å². The summed E-state index contributed by atoms with van der Waals surface area (Å²) in [6.45, 7) is 3.98. The first-order valence-corrected chi connectivity index (χ1v) is 7.30. The van der Waals surface area contributed by atoms with Gasteiger partial charge in [-0.1, -0.05) is 6.07 Å². The molecule has 2 atom stereocenters. The second-order valence-electron chi connectivity index (χ2n) is 5.53. The number of carbonyl (C=O) groups excluding carboxylic acids is 2. The van der Waals surface area contributed by atoms with Crippen LogP contribution in [0.2, 0.25) is 0 Å². The summed E-state index contributed by atoms with van der Waals surface area (Å²) in [6, 6.07) is 7.19. The van der Waals surface area contributed by atoms with Gasteiger partial charge in [0.25, 0.3) is 0 Å². The Hall–Kier alpha value is -2.04. The van der Waals surface area contributed by atoms with Crippen LogP contribution in [-0.2, 0) is 9.59 Å². The molecule has 5 nitrogen and oxygen atoms in total. The lowest BCUT2D eigenvalue weighted by Crippen LogP contribution is -2.51. The van der Waals surface area contributed by atoms with Crippen molar-refractivity contribution >= 4 is 17.5 Å². The Bertz CT molecular complexity index is 520. The van der Waals surface area contributed by atoms with Gasteiger partial charge in [-0.2, -0.15) is 0 Å². The Morgan fingerprint density at radius 2 is 1.90 bits per heavy atom. The quantitative estimate of drug-likeness (QED) is 0.851. The molecule has 2 amide bonds. The van der Waals surface area contributed by atoms with E-state index in [0.717, 1.165) is 19.3 Å². The predicted molar refractivity (Wildman–Crippen MR) is 81.2 cm³/mol. The maximum absolute atomic E-state index is 12.4. The van der Waals surface area contributed by atoms with E-state index in [9.17, 15) is 9.59 Å². The van der Waals surface area contributed by atoms with Crippen LogP contribution in [0.1, 0.15) is 33.1 Å². The molecule has 1 N–H and O–H groups in total. The maximum Gasteiger partial charge on any atom is 0.313 e. The zero-order valence-corrected chi connectivity index (χ0v) is 12.8. The third-order valence-corrected chi connectivity index (χ3v) is 3.95. The van der Waals surface area contributed by atoms with Crippen LogP contribution >= 0.6 is 0 Å². The smallest absolute Gasteiger partial charge is 0.313 e. The van der Waals surface area contributed by atoms with Gasteiger partial charge in [0.05, 0.1) is 7.11 Å². The highest BCUT2D eigenvalue weighted by atomic mass is 16.5. The number of nitrogens with zero attached hydrogens (tertiary/aromatic N) is 1. The maximum atomic E-state index is 12.4. The van der Waals surface area contributed by atoms with Gasteiger partial charge in [-0.05, 0) is 45.2 Å². The van der Waals surface area contributed by atoms with Crippen molar-refractivity contribution in [3.05, 3.63) is 24.3 Å². The zero-order chi connectivity index (χ0) is 15.4. The molecule has 1 saturated heterocycles. The molecular formula is C16H22N2O3. The summed E-state index contributed by atoms with van der Waals surface area (Å²) in [7, 11) is 1.56. The standard InChI is InChI=1S/C16H22N2O3/c1-11-6-4-7-12(2)18(11)16(20)15(19)17-13-8-5-9-14(10-13)21-3/h5,8-12H,4,6-7H2,1-3H3,(H,17,19). The largest absolute Gasteiger partial charge is 0.497 e. The Labute approximate surface area is 125 Å². The lowest BCUT2D eigenvalue weighted by molar-refractivity contribution is -0.147. The number of rotatable bonds is 2. The number of nitrogens with one attached hydrogen (secondary N) is 1. The van der Waals surface area contributed by atoms with Crippen molar-refractivity contribution in [2.45, 2.75) is 45.2 Å². The summed E-state index contributed by atoms with van der Waals surface area (Å²) < 4.78 is 5.10. The third kappa shape index (κ3) is 3.54. The van der Waals surface area contributed by atoms with Gasteiger partial charge in [-0.3, -0.25) is 9.59 Å². The van der Waals surface area contributed by atoms with E-state index in [4.69, 9.17) is 4.74 Å². The lowest BCUT2D eigenvalue weighted by atomic mass is 9.97. The first kappa shape index (κ1) is 15.4. The predicted octanol–water partition coefficient (Wildman–Crippen LogP) is 2.42. The molecule has 0 radical (unpaired) electrons. The fraction of sp³-hybridized carbons (Fsp3) is 0.500. The van der Waals surface area contributed by atoms with Crippen LogP contribution in [0.15, 0.2) is 24.3 Å². The normalized spacial score (nSPS) is 21.8. The van der Waals surface area contributed by atoms with Gasteiger partial charge in [0, 0.05) is 23.8 Å². The average Bonchev–Trinajstić information content (AvgIpc) is 2.47. The number of benzene rings is 1. The summed E-state index contributed by atoms with van der Waals surface area (Å²) in [5.74, 6) is -0.415. The number of carbonyl (C=O) groups is 2. The molecule has 21 heavy (non-hydrogen) atoms. The molecule has 0 aliphatic carbocycles. The third-order valence-electron chi connectivity index (χ3n) is 3.95. The van der Waals surface area contributed by atoms with Crippen LogP contribution in [0.25, 0.3) is 0 Å². The summed E-state index contributed by atoms with van der Waals surface area (Å²) in [6.07, 6.45) is 2.99. The van der Waals surface area contributed by atoms with Crippen LogP contribution < -0.4 is 10.1 Å². The second kappa shape index (κ2) is 6.61. The van der Waals surface area contributed by atoms with Crippen molar-refractivity contribution in [2.24, 2.45) is 0 Å². The molecule has 0 spiro atoms. The van der Waals surface area contributed by atoms with Gasteiger partial charge in [0.2, 0.25) is 0 Å². The monoisotopic (exact) mass is 290 g/mol. The first-order valence-electron chi connectivity index (χ1n) is 7.30. The molecule has 0 bridgehead atoms. The van der Waals surface area contributed by atoms with E-state index in [2.05, 4.69) is 5.32 Å². The van der Waals surface area contributed by atoms with Crippen molar-refractivity contribution in [3.63, 3.8) is 0 Å². The molecule has 2 rings (SSSR count). The number of likely N-dealkylation sites (tertiary alicyclic amines) is 1. The lowest BCUT2D eigenvalue weighted by Gasteiger charge is -2.38. The van der Waals surface area contributed by atoms with Crippen LogP contribution in [-0.4, -0.2) is 35.9 Å². The Balaban J connectivity index is 2.06. The van der Waals surface area contributed by atoms with Crippen LogP contribution in [0.5, 0.6) is 5.75 Å². The minimum atomic E-state index is -0.594. The van der Waals surface area contributed by atoms with Crippen molar-refractivity contribution in [1.29, 1.82) is 0 Å². The van der Waals surface area contributed by atoms with Gasteiger partial charge >= 0.3 is 11.8 Å². The molecule has 1 aliphatic rings. The van der Waals surface area contributed by atoms with Crippen LogP contribution in [0.4, 0.5) is 5.69 Å². The van der Waals surface area contributed by atoms with E-state index >= 15 is 0 Å². The highest BCUT2D eigenvalue weighted by Gasteiger charge is 2.32. The summed E-state index contributed by atoms with van der Waals surface area (Å²) in [5.41, 5.74) is 0.560. The van der Waals surface area contributed by atoms with Gasteiger partial charge in [0.1, 0.15) is 5.75 Å². The summed E-state index contributed by atoms with van der Waals surface area (Å²) in [4.78, 5) is 26.2. The Kier molecular flexibility index (Phi) is 4.83. The molecule has 1 aliphatic heterocycles. The molecule has 1 aromatic rings. The molecule has 1 fully saturated rings. The minimum absolute atomic E-state index is 0.109. The van der Waals surface area contributed by atoms with Crippen molar-refractivity contribution < 1.29 is 14.3 Å². The molecule has 0 aromatic heterocycles. The van der Waals surface area contributed by atoms with Gasteiger partial charge in [-0.25, -0.2) is 0 Å². The number of hydrogen-bond donors (Lipinski definition) is 1. The summed E-state index contributed by atoms with van der Waals surface area (Å²) >= 11 is 0. The number of anilines is 1. The van der Waals surface area contributed by atoms with Crippen LogP contribution in [0.3, 0.4) is 0 Å². The van der Waals surface area contributed by atoms with Crippen LogP contribution in [0, 0.1) is 0 Å². The molecular weight excluding hydrogens is 268 g/mol. The second-order valence-corrected chi connectivity index (χ2v) is 5.53. The minimum Gasteiger partial charge on any atom is -0.497 e. The van der Waals surface area contributed by atoms with E-state index in [1.54, 1.807) is 36.3 Å². The van der Waals surface area contributed by atoms with Crippen molar-refractivity contribution in [3.8, 4) is 5.75 Å². The molecule has 2 unspecified atom stereocenters. The Morgan fingerprint density at radius 3 is 2.52 bits per heavy atom. The van der Waals surface area contributed by atoms with E-state index in [0.29, 0.717) is 11.4 Å². The fourth-order valence-electron chi connectivity index (χ4n) is 2.82. The van der Waals surface area contributed by atoms with E-state index in [-0.39, 0.29) is 12.1 Å². The molecule has 5 heteroatoms. The zero-order valence-electron chi connectivity index (χ0n) is 12.8. The SMILES string of the molecule is COc1cccc(NC(=O)C(=O)N2C(C)CCCC2C)c1.